The number of nitrogens with zero attached hydrogens (tertiary/aromatic N) is 3. The fraction of sp³-hybridized carbons (Fsp3) is 0.526. The Morgan fingerprint density at radius 1 is 1.18 bits per heavy atom. The normalized spacial score (nSPS) is 19.0. The van der Waals surface area contributed by atoms with Crippen molar-refractivity contribution in [3.05, 3.63) is 18.2 Å². The van der Waals surface area contributed by atoms with E-state index in [1.807, 2.05) is 18.2 Å². The summed E-state index contributed by atoms with van der Waals surface area (Å²) in [7, 11) is 3.35. The predicted octanol–water partition coefficient (Wildman–Crippen LogP) is 2.11. The van der Waals surface area contributed by atoms with Crippen LogP contribution >= 0.6 is 0 Å². The van der Waals surface area contributed by atoms with Crippen molar-refractivity contribution in [1.82, 2.24) is 10.5 Å². The molecule has 4 rings (SSSR count). The van der Waals surface area contributed by atoms with Gasteiger partial charge >= 0.3 is 6.03 Å². The molecular weight excluding hydrogens is 364 g/mol. The number of methoxy groups -OCH3 is 2. The van der Waals surface area contributed by atoms with Crippen molar-refractivity contribution in [2.45, 2.75) is 25.6 Å². The first-order valence-electron chi connectivity index (χ1n) is 9.42. The molecular formula is C19H24N4O5. The molecule has 2 aliphatic rings. The molecule has 3 amide bonds. The van der Waals surface area contributed by atoms with Crippen molar-refractivity contribution in [1.29, 1.82) is 0 Å². The number of aromatic nitrogens is 1. The second kappa shape index (κ2) is 7.76. The fourth-order valence-corrected chi connectivity index (χ4v) is 3.98. The van der Waals surface area contributed by atoms with Gasteiger partial charge in [-0.25, -0.2) is 4.79 Å². The SMILES string of the molecule is COC(OC)C1CCN(c2ccc3c(N4CCC(=O)NC4=O)noc3c2)CC1. The second-order valence-electron chi connectivity index (χ2n) is 7.11. The van der Waals surface area contributed by atoms with Gasteiger partial charge in [-0.2, -0.15) is 0 Å². The van der Waals surface area contributed by atoms with Gasteiger partial charge in [0.25, 0.3) is 0 Å². The average molecular weight is 388 g/mol. The molecule has 0 bridgehead atoms. The molecule has 0 radical (unpaired) electrons. The van der Waals surface area contributed by atoms with Gasteiger partial charge in [0, 0.05) is 57.9 Å². The number of urea groups is 1. The third kappa shape index (κ3) is 3.43. The molecule has 0 saturated carbocycles. The van der Waals surface area contributed by atoms with Crippen LogP contribution in [0.4, 0.5) is 16.3 Å². The van der Waals surface area contributed by atoms with E-state index in [0.717, 1.165) is 37.0 Å². The number of rotatable bonds is 5. The number of hydrogen-bond donors (Lipinski definition) is 1. The molecule has 1 aromatic heterocycles. The number of ether oxygens (including phenoxy) is 2. The van der Waals surface area contributed by atoms with E-state index in [0.29, 0.717) is 23.9 Å². The number of hydrogen-bond acceptors (Lipinski definition) is 7. The average Bonchev–Trinajstić information content (AvgIpc) is 3.12. The molecule has 0 spiro atoms. The number of anilines is 2. The molecule has 150 valence electrons. The molecule has 1 N–H and O–H groups in total. The van der Waals surface area contributed by atoms with Gasteiger partial charge in [-0.15, -0.1) is 0 Å². The topological polar surface area (TPSA) is 97.1 Å². The van der Waals surface area contributed by atoms with Gasteiger partial charge in [0.2, 0.25) is 5.91 Å². The van der Waals surface area contributed by atoms with Crippen molar-refractivity contribution in [3.63, 3.8) is 0 Å². The quantitative estimate of drug-likeness (QED) is 0.784. The smallest absolute Gasteiger partial charge is 0.329 e. The Bertz CT molecular complexity index is 870. The maximum absolute atomic E-state index is 12.1. The summed E-state index contributed by atoms with van der Waals surface area (Å²) in [5, 5.41) is 7.12. The van der Waals surface area contributed by atoms with E-state index in [1.54, 1.807) is 14.2 Å². The Morgan fingerprint density at radius 3 is 2.61 bits per heavy atom. The molecule has 2 aromatic rings. The molecule has 0 atom stereocenters. The monoisotopic (exact) mass is 388 g/mol. The summed E-state index contributed by atoms with van der Waals surface area (Å²) in [6.07, 6.45) is 2.04. The van der Waals surface area contributed by atoms with Crippen LogP contribution in [0.5, 0.6) is 0 Å². The summed E-state index contributed by atoms with van der Waals surface area (Å²) in [6.45, 7) is 2.09. The standard InChI is InChI=1S/C19H24N4O5/c1-26-18(27-2)12-5-8-22(9-6-12)13-3-4-14-15(11-13)28-21-17(14)23-10-7-16(24)20-19(23)25/h3-4,11-12,18H,5-10H2,1-2H3,(H,20,24,25). The number of amides is 3. The van der Waals surface area contributed by atoms with E-state index >= 15 is 0 Å². The molecule has 9 heteroatoms. The van der Waals surface area contributed by atoms with Gasteiger partial charge in [0.15, 0.2) is 17.7 Å². The molecule has 1 aromatic carbocycles. The lowest BCUT2D eigenvalue weighted by Crippen LogP contribution is -2.49. The lowest BCUT2D eigenvalue weighted by molar-refractivity contribution is -0.141. The van der Waals surface area contributed by atoms with Gasteiger partial charge in [-0.3, -0.25) is 15.0 Å². The van der Waals surface area contributed by atoms with Crippen molar-refractivity contribution < 1.29 is 23.6 Å². The van der Waals surface area contributed by atoms with Crippen LogP contribution in [-0.4, -0.2) is 57.2 Å². The summed E-state index contributed by atoms with van der Waals surface area (Å²) >= 11 is 0. The minimum atomic E-state index is -0.469. The summed E-state index contributed by atoms with van der Waals surface area (Å²) in [6, 6.07) is 5.41. The molecule has 9 nitrogen and oxygen atoms in total. The lowest BCUT2D eigenvalue weighted by atomic mass is 9.95. The maximum Gasteiger partial charge on any atom is 0.329 e. The first kappa shape index (κ1) is 18.7. The number of carbonyl (C=O) groups excluding carboxylic acids is 2. The van der Waals surface area contributed by atoms with E-state index in [9.17, 15) is 9.59 Å². The van der Waals surface area contributed by atoms with Crippen LogP contribution < -0.4 is 15.1 Å². The van der Waals surface area contributed by atoms with Crippen LogP contribution in [0.2, 0.25) is 0 Å². The molecule has 2 saturated heterocycles. The van der Waals surface area contributed by atoms with Crippen LogP contribution in [0, 0.1) is 5.92 Å². The van der Waals surface area contributed by atoms with E-state index < -0.39 is 6.03 Å². The van der Waals surface area contributed by atoms with Crippen LogP contribution in [0.25, 0.3) is 11.0 Å². The minimum absolute atomic E-state index is 0.163. The van der Waals surface area contributed by atoms with Gasteiger partial charge in [0.05, 0.1) is 5.39 Å². The molecule has 2 fully saturated rings. The zero-order valence-electron chi connectivity index (χ0n) is 16.0. The van der Waals surface area contributed by atoms with E-state index in [2.05, 4.69) is 15.4 Å². The molecule has 2 aliphatic heterocycles. The first-order valence-corrected chi connectivity index (χ1v) is 9.42. The third-order valence-electron chi connectivity index (χ3n) is 5.50. The highest BCUT2D eigenvalue weighted by molar-refractivity contribution is 6.08. The highest BCUT2D eigenvalue weighted by Gasteiger charge is 2.29. The lowest BCUT2D eigenvalue weighted by Gasteiger charge is -2.36. The summed E-state index contributed by atoms with van der Waals surface area (Å²) in [5.74, 6) is 0.546. The van der Waals surface area contributed by atoms with E-state index in [4.69, 9.17) is 14.0 Å². The number of carbonyl (C=O) groups is 2. The number of imide groups is 1. The molecule has 0 unspecified atom stereocenters. The van der Waals surface area contributed by atoms with Gasteiger partial charge in [-0.1, -0.05) is 5.16 Å². The zero-order chi connectivity index (χ0) is 19.7. The van der Waals surface area contributed by atoms with Crippen LogP contribution in [0.1, 0.15) is 19.3 Å². The highest BCUT2D eigenvalue weighted by Crippen LogP contribution is 2.32. The van der Waals surface area contributed by atoms with E-state index in [-0.39, 0.29) is 18.6 Å². The Hall–Kier alpha value is -2.65. The first-order chi connectivity index (χ1) is 13.6. The Morgan fingerprint density at radius 2 is 1.93 bits per heavy atom. The van der Waals surface area contributed by atoms with Crippen LogP contribution in [0.15, 0.2) is 22.7 Å². The van der Waals surface area contributed by atoms with Crippen LogP contribution in [0.3, 0.4) is 0 Å². The minimum Gasteiger partial charge on any atom is -0.371 e. The molecule has 28 heavy (non-hydrogen) atoms. The number of fused-ring (bicyclic) bond motifs is 1. The van der Waals surface area contributed by atoms with Gasteiger partial charge in [-0.05, 0) is 25.0 Å². The molecule has 0 aliphatic carbocycles. The zero-order valence-corrected chi connectivity index (χ0v) is 16.0. The maximum atomic E-state index is 12.1. The summed E-state index contributed by atoms with van der Waals surface area (Å²) in [4.78, 5) is 27.2. The predicted molar refractivity (Wildman–Crippen MR) is 102 cm³/mol. The number of piperidine rings is 1. The Labute approximate surface area is 162 Å². The summed E-state index contributed by atoms with van der Waals surface area (Å²) < 4.78 is 16.3. The fourth-order valence-electron chi connectivity index (χ4n) is 3.98. The number of nitrogens with one attached hydrogen (secondary N) is 1. The third-order valence-corrected chi connectivity index (χ3v) is 5.50. The van der Waals surface area contributed by atoms with Crippen LogP contribution in [-0.2, 0) is 14.3 Å². The van der Waals surface area contributed by atoms with Gasteiger partial charge < -0.3 is 18.9 Å². The number of benzene rings is 1. The Kier molecular flexibility index (Phi) is 5.19. The summed E-state index contributed by atoms with van der Waals surface area (Å²) in [5.41, 5.74) is 1.67. The van der Waals surface area contributed by atoms with Crippen molar-refractivity contribution in [3.8, 4) is 0 Å². The second-order valence-corrected chi connectivity index (χ2v) is 7.11. The van der Waals surface area contributed by atoms with Crippen molar-refractivity contribution >= 4 is 34.4 Å². The largest absolute Gasteiger partial charge is 0.371 e. The van der Waals surface area contributed by atoms with Crippen molar-refractivity contribution in [2.24, 2.45) is 5.92 Å². The highest BCUT2D eigenvalue weighted by atomic mass is 16.7. The molecule has 3 heterocycles. The van der Waals surface area contributed by atoms with Crippen molar-refractivity contribution in [2.75, 3.05) is 43.7 Å². The van der Waals surface area contributed by atoms with Gasteiger partial charge in [0.1, 0.15) is 0 Å². The Balaban J connectivity index is 1.49. The van der Waals surface area contributed by atoms with E-state index in [1.165, 1.54) is 4.90 Å².